The zero-order valence-corrected chi connectivity index (χ0v) is 33.5. The van der Waals surface area contributed by atoms with Gasteiger partial charge in [-0.3, -0.25) is 9.59 Å². The maximum absolute atomic E-state index is 15.3. The predicted octanol–water partition coefficient (Wildman–Crippen LogP) is 9.23. The van der Waals surface area contributed by atoms with E-state index in [0.29, 0.717) is 17.8 Å². The van der Waals surface area contributed by atoms with Crippen LogP contribution in [0.25, 0.3) is 0 Å². The SMILES string of the molecule is C=C(C)[C@@H]1CCC2(C(=O)NCc3cc(C(=O)NCc4cccc(C(=O)O)c4F)ccc3F)CC[C@]3(C)C(CCC4C5(C)CCC(O)C(C)(C)C5CCC43C)C12. The van der Waals surface area contributed by atoms with Crippen molar-refractivity contribution < 1.29 is 33.4 Å². The van der Waals surface area contributed by atoms with E-state index in [0.717, 1.165) is 75.8 Å². The Morgan fingerprint density at radius 2 is 1.55 bits per heavy atom. The second-order valence-electron chi connectivity index (χ2n) is 19.5. The minimum atomic E-state index is -1.40. The number of allylic oxidation sites excluding steroid dienone is 1. The zero-order chi connectivity index (χ0) is 39.9. The van der Waals surface area contributed by atoms with Crippen LogP contribution in [0, 0.1) is 68.3 Å². The molecule has 10 atom stereocenters. The summed E-state index contributed by atoms with van der Waals surface area (Å²) < 4.78 is 29.9. The van der Waals surface area contributed by atoms with E-state index in [9.17, 15) is 29.0 Å². The van der Waals surface area contributed by atoms with Crippen LogP contribution < -0.4 is 10.6 Å². The fourth-order valence-electron chi connectivity index (χ4n) is 13.9. The molecule has 0 radical (unpaired) electrons. The summed E-state index contributed by atoms with van der Waals surface area (Å²) in [6.45, 7) is 18.4. The van der Waals surface area contributed by atoms with Crippen LogP contribution in [-0.4, -0.2) is 34.1 Å². The molecule has 0 heterocycles. The van der Waals surface area contributed by atoms with Gasteiger partial charge in [-0.1, -0.05) is 58.9 Å². The maximum atomic E-state index is 15.3. The molecule has 55 heavy (non-hydrogen) atoms. The lowest BCUT2D eigenvalue weighted by molar-refractivity contribution is -0.246. The van der Waals surface area contributed by atoms with Gasteiger partial charge >= 0.3 is 5.97 Å². The van der Waals surface area contributed by atoms with Crippen LogP contribution in [0.15, 0.2) is 48.6 Å². The number of aliphatic hydroxyl groups is 1. The fraction of sp³-hybridized carbons (Fsp3) is 0.630. The molecule has 2 amide bonds. The van der Waals surface area contributed by atoms with E-state index in [1.165, 1.54) is 30.3 Å². The van der Waals surface area contributed by atoms with Gasteiger partial charge in [-0.05, 0) is 147 Å². The summed E-state index contributed by atoms with van der Waals surface area (Å²) in [4.78, 5) is 39.1. The van der Waals surface area contributed by atoms with E-state index in [2.05, 4.69) is 58.8 Å². The minimum Gasteiger partial charge on any atom is -0.478 e. The predicted molar refractivity (Wildman–Crippen MR) is 208 cm³/mol. The summed E-state index contributed by atoms with van der Waals surface area (Å²) in [6, 6.07) is 7.92. The number of aliphatic hydroxyl groups excluding tert-OH is 1. The normalized spacial score (nSPS) is 37.4. The molecule has 8 unspecified atom stereocenters. The van der Waals surface area contributed by atoms with Gasteiger partial charge in [0, 0.05) is 29.8 Å². The molecular formula is C46H60F2N2O5. The van der Waals surface area contributed by atoms with Gasteiger partial charge in [0.05, 0.1) is 17.1 Å². The lowest BCUT2D eigenvalue weighted by atomic mass is 9.32. The number of carboxylic acids is 1. The Hall–Kier alpha value is -3.59. The molecular weight excluding hydrogens is 699 g/mol. The fourth-order valence-corrected chi connectivity index (χ4v) is 13.9. The number of benzene rings is 2. The molecule has 0 spiro atoms. The first kappa shape index (κ1) is 39.6. The van der Waals surface area contributed by atoms with E-state index in [-0.39, 0.29) is 75.3 Å². The average Bonchev–Trinajstić information content (AvgIpc) is 3.54. The molecule has 0 saturated heterocycles. The highest BCUT2D eigenvalue weighted by Crippen LogP contribution is 2.77. The van der Waals surface area contributed by atoms with Crippen LogP contribution in [0.4, 0.5) is 8.78 Å². The number of hydrogen-bond acceptors (Lipinski definition) is 4. The Labute approximate surface area is 325 Å². The number of carbonyl (C=O) groups is 3. The third-order valence-corrected chi connectivity index (χ3v) is 17.0. The topological polar surface area (TPSA) is 116 Å². The Bertz CT molecular complexity index is 1910. The van der Waals surface area contributed by atoms with E-state index < -0.39 is 34.5 Å². The Morgan fingerprint density at radius 1 is 0.818 bits per heavy atom. The van der Waals surface area contributed by atoms with Crippen molar-refractivity contribution in [2.24, 2.45) is 56.7 Å². The first-order valence-corrected chi connectivity index (χ1v) is 20.5. The Morgan fingerprint density at radius 3 is 2.25 bits per heavy atom. The third kappa shape index (κ3) is 5.99. The van der Waals surface area contributed by atoms with Crippen molar-refractivity contribution in [3.8, 4) is 0 Å². The van der Waals surface area contributed by atoms with E-state index in [4.69, 9.17) is 0 Å². The van der Waals surface area contributed by atoms with E-state index in [1.54, 1.807) is 0 Å². The minimum absolute atomic E-state index is 0.0204. The highest BCUT2D eigenvalue weighted by molar-refractivity contribution is 5.94. The molecule has 4 N–H and O–H groups in total. The molecule has 2 aromatic rings. The summed E-state index contributed by atoms with van der Waals surface area (Å²) in [5.74, 6) is -1.72. The van der Waals surface area contributed by atoms with Crippen LogP contribution >= 0.6 is 0 Å². The van der Waals surface area contributed by atoms with E-state index >= 15 is 4.39 Å². The molecule has 7 rings (SSSR count). The number of halogens is 2. The lowest BCUT2D eigenvalue weighted by Gasteiger charge is -2.72. The van der Waals surface area contributed by atoms with Gasteiger partial charge in [0.1, 0.15) is 11.6 Å². The van der Waals surface area contributed by atoms with E-state index in [1.807, 2.05) is 0 Å². The summed E-state index contributed by atoms with van der Waals surface area (Å²) in [5.41, 5.74) is 0.620. The number of fused-ring (bicyclic) bond motifs is 7. The van der Waals surface area contributed by atoms with Crippen molar-refractivity contribution in [2.45, 2.75) is 125 Å². The Kier molecular flexibility index (Phi) is 9.95. The average molecular weight is 759 g/mol. The van der Waals surface area contributed by atoms with Crippen LogP contribution in [0.5, 0.6) is 0 Å². The third-order valence-electron chi connectivity index (χ3n) is 17.0. The van der Waals surface area contributed by atoms with Crippen molar-refractivity contribution in [3.05, 3.63) is 82.4 Å². The van der Waals surface area contributed by atoms with Crippen molar-refractivity contribution in [3.63, 3.8) is 0 Å². The molecule has 5 fully saturated rings. The highest BCUT2D eigenvalue weighted by atomic mass is 19.1. The van der Waals surface area contributed by atoms with Crippen LogP contribution in [0.3, 0.4) is 0 Å². The van der Waals surface area contributed by atoms with Crippen molar-refractivity contribution in [1.29, 1.82) is 0 Å². The molecule has 0 bridgehead atoms. The van der Waals surface area contributed by atoms with Gasteiger partial charge < -0.3 is 20.8 Å². The number of carbonyl (C=O) groups excluding carboxylic acids is 2. The summed E-state index contributed by atoms with van der Waals surface area (Å²) in [5, 5.41) is 26.1. The molecule has 2 aromatic carbocycles. The number of rotatable bonds is 8. The standard InChI is InChI=1S/C46H60F2N2O5/c1-26(2)30-15-20-46(41(55)50-25-29-23-27(11-13-33(29)47)39(52)49-24-28-9-8-10-31(38(28)48)40(53)54)22-21-44(6)32(37(30)46)12-14-35-43(5)18-17-36(51)42(3,4)34(43)16-19-45(35,44)7/h8-11,13,23,30,32,34-37,51H,1,12,14-22,24-25H2,2-7H3,(H,49,52)(H,50,55)(H,53,54)/t30-,32?,34?,35?,36?,37?,43?,44+,45?,46?/m0/s1. The van der Waals surface area contributed by atoms with Gasteiger partial charge in [-0.25, -0.2) is 13.6 Å². The molecule has 5 aliphatic carbocycles. The second kappa shape index (κ2) is 13.8. The number of aromatic carboxylic acids is 1. The zero-order valence-electron chi connectivity index (χ0n) is 33.5. The summed E-state index contributed by atoms with van der Waals surface area (Å²) in [7, 11) is 0. The van der Waals surface area contributed by atoms with Crippen molar-refractivity contribution in [1.82, 2.24) is 10.6 Å². The Balaban J connectivity index is 1.10. The van der Waals surface area contributed by atoms with Gasteiger partial charge in [-0.2, -0.15) is 0 Å². The quantitative estimate of drug-likeness (QED) is 0.201. The molecule has 0 aromatic heterocycles. The number of carboxylic acid groups (broad SMARTS) is 1. The molecule has 5 aliphatic rings. The van der Waals surface area contributed by atoms with Gasteiger partial charge in [0.2, 0.25) is 5.91 Å². The first-order valence-electron chi connectivity index (χ1n) is 20.5. The van der Waals surface area contributed by atoms with Crippen LogP contribution in [0.2, 0.25) is 0 Å². The first-order chi connectivity index (χ1) is 25.8. The molecule has 0 aliphatic heterocycles. The molecule has 298 valence electrons. The molecule has 5 saturated carbocycles. The largest absolute Gasteiger partial charge is 0.478 e. The highest BCUT2D eigenvalue weighted by Gasteiger charge is 2.71. The maximum Gasteiger partial charge on any atom is 0.338 e. The summed E-state index contributed by atoms with van der Waals surface area (Å²) >= 11 is 0. The van der Waals surface area contributed by atoms with Gasteiger partial charge in [0.25, 0.3) is 5.91 Å². The second-order valence-corrected chi connectivity index (χ2v) is 19.5. The van der Waals surface area contributed by atoms with Crippen molar-refractivity contribution in [2.75, 3.05) is 0 Å². The van der Waals surface area contributed by atoms with Gasteiger partial charge in [-0.15, -0.1) is 0 Å². The lowest BCUT2D eigenvalue weighted by Crippen LogP contribution is -2.67. The van der Waals surface area contributed by atoms with Gasteiger partial charge in [0.15, 0.2) is 0 Å². The molecule has 7 nitrogen and oxygen atoms in total. The number of nitrogens with one attached hydrogen (secondary N) is 2. The molecule has 9 heteroatoms. The monoisotopic (exact) mass is 758 g/mol. The van der Waals surface area contributed by atoms with Crippen LogP contribution in [-0.2, 0) is 17.9 Å². The van der Waals surface area contributed by atoms with Crippen LogP contribution in [0.1, 0.15) is 138 Å². The summed E-state index contributed by atoms with van der Waals surface area (Å²) in [6.07, 6.45) is 9.52. The number of amides is 2. The number of hydrogen-bond donors (Lipinski definition) is 4. The smallest absolute Gasteiger partial charge is 0.338 e. The van der Waals surface area contributed by atoms with Crippen molar-refractivity contribution >= 4 is 17.8 Å².